The van der Waals surface area contributed by atoms with Gasteiger partial charge in [0.05, 0.1) is 25.4 Å². The Morgan fingerprint density at radius 2 is 1.81 bits per heavy atom. The number of hydrogen-bond donors (Lipinski definition) is 0. The van der Waals surface area contributed by atoms with E-state index in [0.29, 0.717) is 6.54 Å². The summed E-state index contributed by atoms with van der Waals surface area (Å²) in [5, 5.41) is 6.60. The minimum absolute atomic E-state index is 0.0788. The van der Waals surface area contributed by atoms with Crippen molar-refractivity contribution >= 4 is 11.6 Å². The van der Waals surface area contributed by atoms with E-state index in [-0.39, 0.29) is 11.9 Å². The monoisotopic (exact) mass is 419 g/mol. The van der Waals surface area contributed by atoms with Gasteiger partial charge in [0.1, 0.15) is 5.75 Å². The van der Waals surface area contributed by atoms with Crippen molar-refractivity contribution in [3.63, 3.8) is 0 Å². The lowest BCUT2D eigenvalue weighted by molar-refractivity contribution is -0.134. The summed E-state index contributed by atoms with van der Waals surface area (Å²) in [5.41, 5.74) is 5.64. The van der Waals surface area contributed by atoms with E-state index >= 15 is 0 Å². The molecule has 5 heteroatoms. The number of carbonyl (C=O) groups excluding carboxylic acids is 1. The number of rotatable bonds is 5. The maximum absolute atomic E-state index is 13.4. The van der Waals surface area contributed by atoms with Crippen LogP contribution >= 0.6 is 0 Å². The summed E-state index contributed by atoms with van der Waals surface area (Å²) < 4.78 is 5.32. The van der Waals surface area contributed by atoms with Crippen molar-refractivity contribution in [2.45, 2.75) is 46.1 Å². The zero-order valence-corrected chi connectivity index (χ0v) is 19.1. The summed E-state index contributed by atoms with van der Waals surface area (Å²) in [4.78, 5) is 15.6. The number of methoxy groups -OCH3 is 1. The molecule has 4 rings (SSSR count). The van der Waals surface area contributed by atoms with Gasteiger partial charge in [-0.05, 0) is 69.0 Å². The van der Waals surface area contributed by atoms with Crippen molar-refractivity contribution in [2.75, 3.05) is 26.7 Å². The molecule has 0 bridgehead atoms. The first-order valence-corrected chi connectivity index (χ1v) is 11.3. The van der Waals surface area contributed by atoms with Crippen LogP contribution in [-0.4, -0.2) is 48.3 Å². The highest BCUT2D eigenvalue weighted by atomic mass is 16.5. The second kappa shape index (κ2) is 9.23. The van der Waals surface area contributed by atoms with Gasteiger partial charge in [-0.25, -0.2) is 5.01 Å². The summed E-state index contributed by atoms with van der Waals surface area (Å²) >= 11 is 0. The maximum Gasteiger partial charge on any atom is 0.257 e. The minimum Gasteiger partial charge on any atom is -0.497 e. The summed E-state index contributed by atoms with van der Waals surface area (Å²) in [7, 11) is 1.67. The predicted molar refractivity (Wildman–Crippen MR) is 124 cm³/mol. The molecule has 0 aromatic heterocycles. The van der Waals surface area contributed by atoms with Crippen LogP contribution in [0.5, 0.6) is 5.75 Å². The van der Waals surface area contributed by atoms with Crippen LogP contribution in [0.3, 0.4) is 0 Å². The zero-order chi connectivity index (χ0) is 22.0. The van der Waals surface area contributed by atoms with Gasteiger partial charge in [0.25, 0.3) is 5.91 Å². The Labute approximate surface area is 185 Å². The van der Waals surface area contributed by atoms with Crippen molar-refractivity contribution in [1.82, 2.24) is 9.91 Å². The van der Waals surface area contributed by atoms with E-state index in [4.69, 9.17) is 9.84 Å². The SMILES string of the molecule is COc1ccc(C2CC(c3ccc(C)cc3C)=NN2C(=O)CN2CCC(C)CC2)cc1. The molecule has 5 nitrogen and oxygen atoms in total. The average Bonchev–Trinajstić information content (AvgIpc) is 3.20. The summed E-state index contributed by atoms with van der Waals surface area (Å²) in [5.74, 6) is 1.65. The number of amides is 1. The highest BCUT2D eigenvalue weighted by Gasteiger charge is 2.34. The van der Waals surface area contributed by atoms with Crippen LogP contribution in [-0.2, 0) is 4.79 Å². The molecule has 31 heavy (non-hydrogen) atoms. The number of hydrogen-bond acceptors (Lipinski definition) is 4. The fraction of sp³-hybridized carbons (Fsp3) is 0.462. The van der Waals surface area contributed by atoms with Crippen LogP contribution in [0.25, 0.3) is 0 Å². The minimum atomic E-state index is -0.0853. The molecule has 0 N–H and O–H groups in total. The van der Waals surface area contributed by atoms with Gasteiger partial charge in [0.2, 0.25) is 0 Å². The number of nitrogens with zero attached hydrogens (tertiary/aromatic N) is 3. The highest BCUT2D eigenvalue weighted by Crippen LogP contribution is 2.34. The molecule has 164 valence electrons. The molecule has 1 saturated heterocycles. The van der Waals surface area contributed by atoms with E-state index in [1.165, 1.54) is 11.1 Å². The zero-order valence-electron chi connectivity index (χ0n) is 19.1. The fourth-order valence-corrected chi connectivity index (χ4v) is 4.61. The number of hydrazone groups is 1. The van der Waals surface area contributed by atoms with Crippen molar-refractivity contribution in [3.05, 3.63) is 64.7 Å². The van der Waals surface area contributed by atoms with E-state index in [0.717, 1.165) is 60.9 Å². The Bertz CT molecular complexity index is 959. The number of piperidine rings is 1. The number of carbonyl (C=O) groups is 1. The highest BCUT2D eigenvalue weighted by molar-refractivity contribution is 6.04. The van der Waals surface area contributed by atoms with Gasteiger partial charge in [-0.3, -0.25) is 9.69 Å². The Morgan fingerprint density at radius 3 is 2.45 bits per heavy atom. The molecule has 2 aliphatic heterocycles. The maximum atomic E-state index is 13.4. The molecule has 0 saturated carbocycles. The van der Waals surface area contributed by atoms with Gasteiger partial charge >= 0.3 is 0 Å². The fourth-order valence-electron chi connectivity index (χ4n) is 4.61. The van der Waals surface area contributed by atoms with Gasteiger partial charge in [-0.15, -0.1) is 0 Å². The number of aryl methyl sites for hydroxylation is 2. The third-order valence-corrected chi connectivity index (χ3v) is 6.59. The summed E-state index contributed by atoms with van der Waals surface area (Å²) in [6.45, 7) is 8.92. The molecule has 2 heterocycles. The van der Waals surface area contributed by atoms with Gasteiger partial charge in [-0.2, -0.15) is 5.10 Å². The normalized spacial score (nSPS) is 20.1. The molecule has 1 atom stereocenters. The number of ether oxygens (including phenoxy) is 1. The summed E-state index contributed by atoms with van der Waals surface area (Å²) in [6, 6.07) is 14.4. The Kier molecular flexibility index (Phi) is 6.42. The van der Waals surface area contributed by atoms with Crippen LogP contribution in [0, 0.1) is 19.8 Å². The molecule has 0 aliphatic carbocycles. The van der Waals surface area contributed by atoms with Crippen molar-refractivity contribution in [3.8, 4) is 5.75 Å². The van der Waals surface area contributed by atoms with E-state index in [9.17, 15) is 4.79 Å². The van der Waals surface area contributed by atoms with E-state index in [2.05, 4.69) is 43.9 Å². The van der Waals surface area contributed by atoms with Crippen LogP contribution in [0.2, 0.25) is 0 Å². The number of benzene rings is 2. The van der Waals surface area contributed by atoms with Crippen LogP contribution in [0.4, 0.5) is 0 Å². The second-order valence-corrected chi connectivity index (χ2v) is 9.06. The lowest BCUT2D eigenvalue weighted by Gasteiger charge is -2.31. The van der Waals surface area contributed by atoms with Crippen LogP contribution in [0.1, 0.15) is 54.5 Å². The first-order valence-electron chi connectivity index (χ1n) is 11.3. The van der Waals surface area contributed by atoms with Gasteiger partial charge in [-0.1, -0.05) is 42.8 Å². The Balaban J connectivity index is 1.60. The van der Waals surface area contributed by atoms with E-state index in [1.807, 2.05) is 24.3 Å². The number of likely N-dealkylation sites (tertiary alicyclic amines) is 1. The molecule has 1 fully saturated rings. The molecule has 2 aliphatic rings. The quantitative estimate of drug-likeness (QED) is 0.704. The predicted octanol–water partition coefficient (Wildman–Crippen LogP) is 4.72. The lowest BCUT2D eigenvalue weighted by Crippen LogP contribution is -2.41. The second-order valence-electron chi connectivity index (χ2n) is 9.06. The molecule has 1 unspecified atom stereocenters. The smallest absolute Gasteiger partial charge is 0.257 e. The molecule has 2 aromatic rings. The molecular weight excluding hydrogens is 386 g/mol. The van der Waals surface area contributed by atoms with Crippen LogP contribution < -0.4 is 4.74 Å². The van der Waals surface area contributed by atoms with E-state index < -0.39 is 0 Å². The Hall–Kier alpha value is -2.66. The summed E-state index contributed by atoms with van der Waals surface area (Å²) in [6.07, 6.45) is 3.04. The third-order valence-electron chi connectivity index (χ3n) is 6.59. The van der Waals surface area contributed by atoms with Gasteiger partial charge < -0.3 is 4.74 Å². The van der Waals surface area contributed by atoms with Crippen molar-refractivity contribution < 1.29 is 9.53 Å². The van der Waals surface area contributed by atoms with Crippen molar-refractivity contribution in [2.24, 2.45) is 11.0 Å². The Morgan fingerprint density at radius 1 is 1.10 bits per heavy atom. The average molecular weight is 420 g/mol. The molecular formula is C26H33N3O2. The first-order chi connectivity index (χ1) is 14.9. The molecule has 0 radical (unpaired) electrons. The molecule has 2 aromatic carbocycles. The molecule has 1 amide bonds. The van der Waals surface area contributed by atoms with Crippen molar-refractivity contribution in [1.29, 1.82) is 0 Å². The molecule has 0 spiro atoms. The lowest BCUT2D eigenvalue weighted by atomic mass is 9.95. The standard InChI is InChI=1S/C26H33N3O2/c1-18-11-13-28(14-12-18)17-26(30)29-25(21-6-8-22(31-4)9-7-21)16-24(27-29)23-10-5-19(2)15-20(23)3/h5-10,15,18,25H,11-14,16-17H2,1-4H3. The third kappa shape index (κ3) is 4.82. The topological polar surface area (TPSA) is 45.1 Å². The van der Waals surface area contributed by atoms with Crippen LogP contribution in [0.15, 0.2) is 47.6 Å². The van der Waals surface area contributed by atoms with Gasteiger partial charge in [0.15, 0.2) is 0 Å². The largest absolute Gasteiger partial charge is 0.497 e. The van der Waals surface area contributed by atoms with Gasteiger partial charge in [0, 0.05) is 12.0 Å². The first kappa shape index (κ1) is 21.6. The van der Waals surface area contributed by atoms with E-state index in [1.54, 1.807) is 12.1 Å².